The van der Waals surface area contributed by atoms with E-state index >= 15 is 0 Å². The minimum Gasteiger partial charge on any atom is -0.479 e. The summed E-state index contributed by atoms with van der Waals surface area (Å²) in [5.41, 5.74) is 6.34. The van der Waals surface area contributed by atoms with Gasteiger partial charge >= 0.3 is 11.9 Å². The Hall–Kier alpha value is -2.05. The van der Waals surface area contributed by atoms with E-state index in [1.807, 2.05) is 0 Å². The van der Waals surface area contributed by atoms with Crippen molar-refractivity contribution in [1.29, 1.82) is 0 Å². The Morgan fingerprint density at radius 3 is 2.60 bits per heavy atom. The summed E-state index contributed by atoms with van der Waals surface area (Å²) in [6.07, 6.45) is 0. The molecular formula is C8H11N3O4. The lowest BCUT2D eigenvalue weighted by Crippen LogP contribution is -2.17. The largest absolute Gasteiger partial charge is 0.479 e. The second kappa shape index (κ2) is 3.99. The third kappa shape index (κ3) is 2.25. The lowest BCUT2D eigenvalue weighted by atomic mass is 10.3. The molecule has 0 saturated carbocycles. The molecule has 3 N–H and O–H groups in total. The fourth-order valence-electron chi connectivity index (χ4n) is 1.11. The van der Waals surface area contributed by atoms with Crippen molar-refractivity contribution in [2.24, 2.45) is 7.05 Å². The van der Waals surface area contributed by atoms with Crippen molar-refractivity contribution < 1.29 is 19.4 Å². The number of carboxylic acids is 1. The van der Waals surface area contributed by atoms with E-state index in [1.165, 1.54) is 11.7 Å². The number of ether oxygens (including phenoxy) is 1. The molecule has 1 aromatic rings. The molecule has 0 aliphatic rings. The van der Waals surface area contributed by atoms with Gasteiger partial charge in [0.1, 0.15) is 0 Å². The van der Waals surface area contributed by atoms with Crippen LogP contribution in [0, 0.1) is 6.92 Å². The van der Waals surface area contributed by atoms with Crippen molar-refractivity contribution in [3.05, 3.63) is 11.4 Å². The number of aryl methyl sites for hydroxylation is 2. The number of aliphatic carboxylic acids is 1. The minimum atomic E-state index is -1.22. The number of hydrogen-bond donors (Lipinski definition) is 2. The van der Waals surface area contributed by atoms with Crippen LogP contribution in [0.2, 0.25) is 0 Å². The first-order chi connectivity index (χ1) is 6.93. The van der Waals surface area contributed by atoms with Gasteiger partial charge in [0.15, 0.2) is 12.3 Å². The summed E-state index contributed by atoms with van der Waals surface area (Å²) in [7, 11) is 1.53. The maximum atomic E-state index is 11.4. The third-order valence-electron chi connectivity index (χ3n) is 1.79. The van der Waals surface area contributed by atoms with Gasteiger partial charge in [0, 0.05) is 7.05 Å². The van der Waals surface area contributed by atoms with Crippen LogP contribution < -0.4 is 5.73 Å². The Morgan fingerprint density at radius 1 is 1.60 bits per heavy atom. The number of carbonyl (C=O) groups excluding carboxylic acids is 1. The lowest BCUT2D eigenvalue weighted by Gasteiger charge is -2.02. The number of nitrogen functional groups attached to an aromatic ring is 1. The molecule has 0 spiro atoms. The highest BCUT2D eigenvalue weighted by atomic mass is 16.5. The molecule has 7 heteroatoms. The van der Waals surface area contributed by atoms with Gasteiger partial charge in [-0.3, -0.25) is 4.68 Å². The number of rotatable bonds is 3. The standard InChI is InChI=1S/C8H11N3O4/c1-4-6(9)7(11(2)10-4)8(14)15-3-5(12)13/h3,9H2,1-2H3,(H,12,13). The molecule has 0 unspecified atom stereocenters. The minimum absolute atomic E-state index is 0.0637. The molecule has 7 nitrogen and oxygen atoms in total. The smallest absolute Gasteiger partial charge is 0.359 e. The first-order valence-corrected chi connectivity index (χ1v) is 4.11. The quantitative estimate of drug-likeness (QED) is 0.658. The fourth-order valence-corrected chi connectivity index (χ4v) is 1.11. The van der Waals surface area contributed by atoms with Crippen LogP contribution >= 0.6 is 0 Å². The Bertz CT molecular complexity index is 410. The molecule has 82 valence electrons. The van der Waals surface area contributed by atoms with E-state index in [-0.39, 0.29) is 11.4 Å². The zero-order valence-corrected chi connectivity index (χ0v) is 8.35. The highest BCUT2D eigenvalue weighted by Gasteiger charge is 2.19. The van der Waals surface area contributed by atoms with Gasteiger partial charge in [-0.25, -0.2) is 9.59 Å². The van der Waals surface area contributed by atoms with Crippen molar-refractivity contribution in [2.45, 2.75) is 6.92 Å². The van der Waals surface area contributed by atoms with Crippen LogP contribution in [0.5, 0.6) is 0 Å². The average Bonchev–Trinajstić information content (AvgIpc) is 2.37. The van der Waals surface area contributed by atoms with E-state index in [0.717, 1.165) is 0 Å². The Kier molecular flexibility index (Phi) is 2.93. The predicted octanol–water partition coefficient (Wildman–Crippen LogP) is -0.448. The Morgan fingerprint density at radius 2 is 2.20 bits per heavy atom. The number of hydrogen-bond acceptors (Lipinski definition) is 5. The molecule has 1 heterocycles. The zero-order chi connectivity index (χ0) is 11.6. The van der Waals surface area contributed by atoms with Crippen LogP contribution in [-0.2, 0) is 16.6 Å². The molecule has 0 atom stereocenters. The lowest BCUT2D eigenvalue weighted by molar-refractivity contribution is -0.140. The number of aromatic nitrogens is 2. The maximum Gasteiger partial charge on any atom is 0.359 e. The number of nitrogens with zero attached hydrogens (tertiary/aromatic N) is 2. The van der Waals surface area contributed by atoms with E-state index in [2.05, 4.69) is 9.84 Å². The molecule has 0 aliphatic carbocycles. The van der Waals surface area contributed by atoms with Gasteiger partial charge in [0.2, 0.25) is 0 Å². The maximum absolute atomic E-state index is 11.4. The zero-order valence-electron chi connectivity index (χ0n) is 8.35. The van der Waals surface area contributed by atoms with Gasteiger partial charge < -0.3 is 15.6 Å². The van der Waals surface area contributed by atoms with Crippen LogP contribution in [0.25, 0.3) is 0 Å². The van der Waals surface area contributed by atoms with Crippen molar-refractivity contribution >= 4 is 17.6 Å². The van der Waals surface area contributed by atoms with Gasteiger partial charge in [-0.15, -0.1) is 0 Å². The molecule has 0 amide bonds. The molecule has 1 rings (SSSR count). The molecule has 0 saturated heterocycles. The van der Waals surface area contributed by atoms with Crippen molar-refractivity contribution in [2.75, 3.05) is 12.3 Å². The molecule has 0 radical (unpaired) electrons. The van der Waals surface area contributed by atoms with Crippen LogP contribution in [0.15, 0.2) is 0 Å². The molecule has 0 aliphatic heterocycles. The summed E-state index contributed by atoms with van der Waals surface area (Å²) in [4.78, 5) is 21.6. The van der Waals surface area contributed by atoms with E-state index < -0.39 is 18.5 Å². The van der Waals surface area contributed by atoms with E-state index in [1.54, 1.807) is 6.92 Å². The predicted molar refractivity (Wildman–Crippen MR) is 50.3 cm³/mol. The van der Waals surface area contributed by atoms with E-state index in [9.17, 15) is 9.59 Å². The first kappa shape index (κ1) is 11.0. The third-order valence-corrected chi connectivity index (χ3v) is 1.79. The SMILES string of the molecule is Cc1nn(C)c(C(=O)OCC(=O)O)c1N. The monoisotopic (exact) mass is 213 g/mol. The number of anilines is 1. The van der Waals surface area contributed by atoms with Crippen molar-refractivity contribution in [3.63, 3.8) is 0 Å². The summed E-state index contributed by atoms with van der Waals surface area (Å²) in [6.45, 7) is 0.950. The summed E-state index contributed by atoms with van der Waals surface area (Å²) >= 11 is 0. The van der Waals surface area contributed by atoms with Gasteiger partial charge in [-0.2, -0.15) is 5.10 Å². The fraction of sp³-hybridized carbons (Fsp3) is 0.375. The summed E-state index contributed by atoms with van der Waals surface area (Å²) in [6, 6.07) is 0. The van der Waals surface area contributed by atoms with Gasteiger partial charge in [-0.1, -0.05) is 0 Å². The van der Waals surface area contributed by atoms with Crippen LogP contribution in [0.4, 0.5) is 5.69 Å². The van der Waals surface area contributed by atoms with Crippen molar-refractivity contribution in [3.8, 4) is 0 Å². The van der Waals surface area contributed by atoms with Gasteiger partial charge in [0.05, 0.1) is 11.4 Å². The number of nitrogens with two attached hydrogens (primary N) is 1. The Balaban J connectivity index is 2.86. The van der Waals surface area contributed by atoms with Crippen LogP contribution in [0.1, 0.15) is 16.2 Å². The van der Waals surface area contributed by atoms with Crippen LogP contribution in [-0.4, -0.2) is 33.4 Å². The molecular weight excluding hydrogens is 202 g/mol. The first-order valence-electron chi connectivity index (χ1n) is 4.11. The number of carboxylic acid groups (broad SMARTS) is 1. The molecule has 1 aromatic heterocycles. The summed E-state index contributed by atoms with van der Waals surface area (Å²) in [5, 5.41) is 12.2. The average molecular weight is 213 g/mol. The summed E-state index contributed by atoms with van der Waals surface area (Å²) in [5.74, 6) is -2.01. The molecule has 15 heavy (non-hydrogen) atoms. The number of esters is 1. The highest BCUT2D eigenvalue weighted by Crippen LogP contribution is 2.15. The van der Waals surface area contributed by atoms with Gasteiger partial charge in [0.25, 0.3) is 0 Å². The number of carbonyl (C=O) groups is 2. The Labute approximate surface area is 85.4 Å². The van der Waals surface area contributed by atoms with Crippen LogP contribution in [0.3, 0.4) is 0 Å². The highest BCUT2D eigenvalue weighted by molar-refractivity contribution is 5.94. The molecule has 0 fully saturated rings. The topological polar surface area (TPSA) is 107 Å². The van der Waals surface area contributed by atoms with E-state index in [4.69, 9.17) is 10.8 Å². The van der Waals surface area contributed by atoms with E-state index in [0.29, 0.717) is 5.69 Å². The second-order valence-electron chi connectivity index (χ2n) is 2.94. The normalized spacial score (nSPS) is 10.0. The van der Waals surface area contributed by atoms with Gasteiger partial charge in [-0.05, 0) is 6.92 Å². The van der Waals surface area contributed by atoms with Crippen molar-refractivity contribution in [1.82, 2.24) is 9.78 Å². The summed E-state index contributed by atoms with van der Waals surface area (Å²) < 4.78 is 5.74. The molecule has 0 bridgehead atoms. The second-order valence-corrected chi connectivity index (χ2v) is 2.94. The molecule has 0 aromatic carbocycles.